The summed E-state index contributed by atoms with van der Waals surface area (Å²) in [7, 11) is 1.43. The van der Waals surface area contributed by atoms with E-state index in [1.54, 1.807) is 19.1 Å². The first-order valence-corrected chi connectivity index (χ1v) is 12.3. The van der Waals surface area contributed by atoms with E-state index in [0.29, 0.717) is 24.3 Å². The summed E-state index contributed by atoms with van der Waals surface area (Å²) in [6.07, 6.45) is 6.74. The number of hydrogen-bond donors (Lipinski definition) is 2. The van der Waals surface area contributed by atoms with Crippen LogP contribution in [0.25, 0.3) is 0 Å². The molecule has 1 aromatic carbocycles. The van der Waals surface area contributed by atoms with E-state index in [-0.39, 0.29) is 11.8 Å². The third kappa shape index (κ3) is 2.76. The van der Waals surface area contributed by atoms with Crippen LogP contribution in [0.4, 0.5) is 0 Å². The van der Waals surface area contributed by atoms with Gasteiger partial charge < -0.3 is 24.4 Å². The number of carbonyl (C=O) groups is 1. The molecule has 1 saturated heterocycles. The highest BCUT2D eigenvalue weighted by Crippen LogP contribution is 2.65. The number of likely N-dealkylation sites (tertiary alicyclic amines) is 1. The van der Waals surface area contributed by atoms with E-state index < -0.39 is 29.2 Å². The molecule has 2 saturated carbocycles. The number of methoxy groups -OCH3 is 1. The van der Waals surface area contributed by atoms with Gasteiger partial charge in [-0.1, -0.05) is 12.5 Å². The van der Waals surface area contributed by atoms with Gasteiger partial charge in [-0.2, -0.15) is 0 Å². The molecule has 33 heavy (non-hydrogen) atoms. The zero-order valence-electron chi connectivity index (χ0n) is 19.4. The van der Waals surface area contributed by atoms with Gasteiger partial charge in [-0.3, -0.25) is 4.90 Å². The fourth-order valence-corrected chi connectivity index (χ4v) is 7.37. The molecule has 1 aromatic rings. The highest BCUT2D eigenvalue weighted by Gasteiger charge is 2.73. The Balaban J connectivity index is 1.44. The van der Waals surface area contributed by atoms with Crippen LogP contribution in [-0.2, 0) is 21.4 Å². The Kier molecular flexibility index (Phi) is 4.84. The molecular weight excluding hydrogens is 422 g/mol. The highest BCUT2D eigenvalue weighted by atomic mass is 16.6. The quantitative estimate of drug-likeness (QED) is 0.305. The molecule has 2 heterocycles. The molecule has 7 heteroatoms. The number of aliphatic hydroxyl groups is 2. The fourth-order valence-electron chi connectivity index (χ4n) is 7.37. The molecule has 7 nitrogen and oxygen atoms in total. The van der Waals surface area contributed by atoms with E-state index in [1.165, 1.54) is 26.4 Å². The molecule has 2 bridgehead atoms. The normalized spacial score (nSPS) is 37.1. The molecule has 0 amide bonds. The maximum Gasteiger partial charge on any atom is 0.378 e. The third-order valence-corrected chi connectivity index (χ3v) is 9.13. The molecule has 3 fully saturated rings. The Labute approximate surface area is 194 Å². The second-order valence-electron chi connectivity index (χ2n) is 10.5. The topological polar surface area (TPSA) is 88.5 Å². The summed E-state index contributed by atoms with van der Waals surface area (Å²) in [5, 5.41) is 23.4. The van der Waals surface area contributed by atoms with E-state index in [2.05, 4.69) is 4.90 Å². The van der Waals surface area contributed by atoms with Gasteiger partial charge in [0.05, 0.1) is 24.2 Å². The van der Waals surface area contributed by atoms with Crippen molar-refractivity contribution >= 4 is 5.97 Å². The third-order valence-electron chi connectivity index (χ3n) is 9.13. The molecule has 178 valence electrons. The lowest BCUT2D eigenvalue weighted by Gasteiger charge is -2.64. The number of hydrogen-bond acceptors (Lipinski definition) is 7. The van der Waals surface area contributed by atoms with Crippen molar-refractivity contribution < 1.29 is 29.2 Å². The lowest BCUT2D eigenvalue weighted by Crippen LogP contribution is -2.77. The van der Waals surface area contributed by atoms with Crippen molar-refractivity contribution in [2.75, 3.05) is 20.2 Å². The summed E-state index contributed by atoms with van der Waals surface area (Å²) in [6, 6.07) is 3.81. The Bertz CT molecular complexity index is 1020. The zero-order chi connectivity index (χ0) is 23.0. The Hall–Kier alpha value is -2.09. The predicted octanol–water partition coefficient (Wildman–Crippen LogP) is 2.46. The molecular formula is C26H33NO6. The summed E-state index contributed by atoms with van der Waals surface area (Å²) in [6.45, 7) is 3.63. The van der Waals surface area contributed by atoms with Crippen molar-refractivity contribution in [2.24, 2.45) is 5.92 Å². The van der Waals surface area contributed by atoms with Crippen molar-refractivity contribution in [2.45, 2.75) is 81.1 Å². The van der Waals surface area contributed by atoms with E-state index in [1.807, 2.05) is 6.07 Å². The van der Waals surface area contributed by atoms with Gasteiger partial charge in [0, 0.05) is 18.2 Å². The van der Waals surface area contributed by atoms with E-state index in [4.69, 9.17) is 14.2 Å². The first kappa shape index (κ1) is 21.4. The van der Waals surface area contributed by atoms with Crippen LogP contribution in [0.5, 0.6) is 11.5 Å². The fraction of sp³-hybridized carbons (Fsp3) is 0.654. The Morgan fingerprint density at radius 2 is 2.12 bits per heavy atom. The zero-order valence-corrected chi connectivity index (χ0v) is 19.4. The van der Waals surface area contributed by atoms with Crippen molar-refractivity contribution in [3.63, 3.8) is 0 Å². The van der Waals surface area contributed by atoms with Crippen LogP contribution < -0.4 is 9.47 Å². The van der Waals surface area contributed by atoms with Crippen LogP contribution in [0, 0.1) is 5.92 Å². The van der Waals surface area contributed by atoms with Crippen LogP contribution >= 0.6 is 0 Å². The molecule has 5 aliphatic rings. The second-order valence-corrected chi connectivity index (χ2v) is 10.5. The van der Waals surface area contributed by atoms with Crippen LogP contribution in [0.1, 0.15) is 56.6 Å². The number of rotatable bonds is 5. The second kappa shape index (κ2) is 7.45. The maximum absolute atomic E-state index is 12.6. The van der Waals surface area contributed by atoms with Crippen molar-refractivity contribution in [3.05, 3.63) is 35.1 Å². The summed E-state index contributed by atoms with van der Waals surface area (Å²) in [4.78, 5) is 15.1. The van der Waals surface area contributed by atoms with Gasteiger partial charge >= 0.3 is 5.97 Å². The van der Waals surface area contributed by atoms with Gasteiger partial charge in [0.25, 0.3) is 0 Å². The molecule has 1 spiro atoms. The lowest BCUT2D eigenvalue weighted by atomic mass is 9.48. The van der Waals surface area contributed by atoms with E-state index >= 15 is 0 Å². The summed E-state index contributed by atoms with van der Waals surface area (Å²) in [5.74, 6) is 1.08. The minimum absolute atomic E-state index is 0.0143. The van der Waals surface area contributed by atoms with Crippen molar-refractivity contribution in [1.29, 1.82) is 0 Å². The molecule has 2 aliphatic heterocycles. The molecule has 0 aromatic heterocycles. The number of piperidine rings is 1. The SMILES string of the molecule is CC=C(OC)C(=O)Oc1ccc2c3c1OC1C(O)CCC4(O)C(C2)N(CC2CCC2)CCC314. The van der Waals surface area contributed by atoms with Gasteiger partial charge in [-0.15, -0.1) is 0 Å². The number of nitrogens with zero attached hydrogens (tertiary/aromatic N) is 1. The smallest absolute Gasteiger partial charge is 0.378 e. The van der Waals surface area contributed by atoms with Crippen LogP contribution in [0.15, 0.2) is 24.0 Å². The first-order chi connectivity index (χ1) is 15.9. The summed E-state index contributed by atoms with van der Waals surface area (Å²) < 4.78 is 17.2. The number of esters is 1. The molecule has 0 radical (unpaired) electrons. The van der Waals surface area contributed by atoms with Gasteiger partial charge in [-0.25, -0.2) is 4.79 Å². The monoisotopic (exact) mass is 455 g/mol. The van der Waals surface area contributed by atoms with Crippen LogP contribution in [0.2, 0.25) is 0 Å². The average molecular weight is 456 g/mol. The largest absolute Gasteiger partial charge is 0.490 e. The highest BCUT2D eigenvalue weighted by molar-refractivity contribution is 5.88. The van der Waals surface area contributed by atoms with Crippen LogP contribution in [-0.4, -0.2) is 65.1 Å². The number of allylic oxidation sites excluding steroid dienone is 1. The molecule has 5 unspecified atom stereocenters. The number of benzene rings is 1. The van der Waals surface area contributed by atoms with E-state index in [0.717, 1.165) is 43.0 Å². The maximum atomic E-state index is 12.6. The molecule has 5 atom stereocenters. The standard InChI is InChI=1S/C26H33NO6/c1-3-18(31-2)24(29)32-19-8-7-16-13-20-26(30)10-9-17(28)23-25(26,21(16)22(19)33-23)11-12-27(20)14-15-5-4-6-15/h3,7-8,15,17,20,23,28,30H,4-6,9-14H2,1-2H3. The molecule has 2 N–H and O–H groups in total. The number of carbonyl (C=O) groups excluding carboxylic acids is 1. The van der Waals surface area contributed by atoms with Gasteiger partial charge in [0.15, 0.2) is 17.3 Å². The summed E-state index contributed by atoms with van der Waals surface area (Å²) in [5.41, 5.74) is 0.424. The average Bonchev–Trinajstić information content (AvgIpc) is 3.12. The molecule has 3 aliphatic carbocycles. The van der Waals surface area contributed by atoms with Crippen molar-refractivity contribution in [1.82, 2.24) is 4.90 Å². The van der Waals surface area contributed by atoms with Crippen LogP contribution in [0.3, 0.4) is 0 Å². The lowest BCUT2D eigenvalue weighted by molar-refractivity contribution is -0.209. The minimum atomic E-state index is -0.971. The number of ether oxygens (including phenoxy) is 3. The Morgan fingerprint density at radius 3 is 2.82 bits per heavy atom. The predicted molar refractivity (Wildman–Crippen MR) is 120 cm³/mol. The van der Waals surface area contributed by atoms with Gasteiger partial charge in [-0.05, 0) is 75.6 Å². The first-order valence-electron chi connectivity index (χ1n) is 12.3. The minimum Gasteiger partial charge on any atom is -0.490 e. The molecule has 6 rings (SSSR count). The Morgan fingerprint density at radius 1 is 1.30 bits per heavy atom. The van der Waals surface area contributed by atoms with E-state index in [9.17, 15) is 15.0 Å². The van der Waals surface area contributed by atoms with Gasteiger partial charge in [0.2, 0.25) is 0 Å². The number of aliphatic hydroxyl groups excluding tert-OH is 1. The van der Waals surface area contributed by atoms with Crippen molar-refractivity contribution in [3.8, 4) is 11.5 Å². The van der Waals surface area contributed by atoms with Gasteiger partial charge in [0.1, 0.15) is 6.10 Å². The summed E-state index contributed by atoms with van der Waals surface area (Å²) >= 11 is 0.